The summed E-state index contributed by atoms with van der Waals surface area (Å²) in [4.78, 5) is 50.2. The van der Waals surface area contributed by atoms with Crippen molar-refractivity contribution in [2.75, 3.05) is 7.11 Å². The van der Waals surface area contributed by atoms with E-state index in [2.05, 4.69) is 10.1 Å². The number of methoxy groups -OCH3 is 1. The Morgan fingerprint density at radius 3 is 2.22 bits per heavy atom. The molecule has 0 radical (unpaired) electrons. The first-order valence-corrected chi connectivity index (χ1v) is 13.6. The van der Waals surface area contributed by atoms with Crippen molar-refractivity contribution in [3.63, 3.8) is 0 Å². The van der Waals surface area contributed by atoms with Crippen molar-refractivity contribution < 1.29 is 50.9 Å². The minimum Gasteiger partial charge on any atom is -0.465 e. The van der Waals surface area contributed by atoms with Gasteiger partial charge < -0.3 is 28.7 Å². The lowest BCUT2D eigenvalue weighted by molar-refractivity contribution is -0.154. The quantitative estimate of drug-likeness (QED) is 0.152. The highest BCUT2D eigenvalue weighted by atomic mass is 19.4. The molecular formula is C32H28F3NO9. The zero-order valence-corrected chi connectivity index (χ0v) is 24.3. The van der Waals surface area contributed by atoms with E-state index in [1.165, 1.54) is 37.4 Å². The number of ether oxygens (including phenoxy) is 4. The molecule has 0 spiro atoms. The van der Waals surface area contributed by atoms with Crippen LogP contribution in [0.5, 0.6) is 17.2 Å². The van der Waals surface area contributed by atoms with Gasteiger partial charge in [-0.05, 0) is 54.3 Å². The van der Waals surface area contributed by atoms with Gasteiger partial charge in [0.2, 0.25) is 11.2 Å². The summed E-state index contributed by atoms with van der Waals surface area (Å²) in [7, 11) is 1.17. The molecule has 236 valence electrons. The van der Waals surface area contributed by atoms with E-state index in [1.807, 2.05) is 19.9 Å². The van der Waals surface area contributed by atoms with E-state index >= 15 is 0 Å². The van der Waals surface area contributed by atoms with Gasteiger partial charge in [-0.15, -0.1) is 0 Å². The van der Waals surface area contributed by atoms with Crippen LogP contribution in [0.4, 0.5) is 18.0 Å². The van der Waals surface area contributed by atoms with Crippen molar-refractivity contribution >= 4 is 29.0 Å². The summed E-state index contributed by atoms with van der Waals surface area (Å²) in [5.74, 6) is -4.89. The highest BCUT2D eigenvalue weighted by Gasteiger charge is 2.40. The van der Waals surface area contributed by atoms with Crippen molar-refractivity contribution in [3.05, 3.63) is 99.9 Å². The van der Waals surface area contributed by atoms with Crippen LogP contribution in [-0.4, -0.2) is 31.2 Å². The number of hydrogen-bond donors (Lipinski definition) is 1. The van der Waals surface area contributed by atoms with Crippen LogP contribution in [0.15, 0.2) is 82.0 Å². The second-order valence-corrected chi connectivity index (χ2v) is 10.2. The summed E-state index contributed by atoms with van der Waals surface area (Å²) in [5.41, 5.74) is -0.819. The molecule has 0 aliphatic heterocycles. The third kappa shape index (κ3) is 8.40. The van der Waals surface area contributed by atoms with Gasteiger partial charge in [0.1, 0.15) is 29.7 Å². The highest BCUT2D eigenvalue weighted by Crippen LogP contribution is 2.38. The van der Waals surface area contributed by atoms with E-state index < -0.39 is 52.8 Å². The molecule has 4 rings (SSSR count). The number of hydrogen-bond acceptors (Lipinski definition) is 9. The molecule has 45 heavy (non-hydrogen) atoms. The van der Waals surface area contributed by atoms with E-state index in [4.69, 9.17) is 18.6 Å². The van der Waals surface area contributed by atoms with Gasteiger partial charge >= 0.3 is 24.2 Å². The summed E-state index contributed by atoms with van der Waals surface area (Å²) in [6, 6.07) is 15.9. The number of rotatable bonds is 10. The fourth-order valence-electron chi connectivity index (χ4n) is 4.17. The van der Waals surface area contributed by atoms with Gasteiger partial charge in [-0.1, -0.05) is 44.2 Å². The second-order valence-electron chi connectivity index (χ2n) is 10.2. The van der Waals surface area contributed by atoms with Crippen LogP contribution in [-0.2, 0) is 27.1 Å². The number of halogens is 3. The first-order valence-electron chi connectivity index (χ1n) is 13.6. The number of carbonyl (C=O) groups is 3. The zero-order valence-electron chi connectivity index (χ0n) is 24.3. The van der Waals surface area contributed by atoms with E-state index in [0.717, 1.165) is 17.7 Å². The van der Waals surface area contributed by atoms with Crippen molar-refractivity contribution in [2.45, 2.75) is 39.1 Å². The van der Waals surface area contributed by atoms with Crippen LogP contribution in [0, 0.1) is 5.92 Å². The van der Waals surface area contributed by atoms with Crippen LogP contribution in [0.1, 0.15) is 41.9 Å². The smallest absolute Gasteiger partial charge is 0.453 e. The molecule has 1 unspecified atom stereocenters. The Balaban J connectivity index is 1.56. The van der Waals surface area contributed by atoms with Crippen LogP contribution in [0.3, 0.4) is 0 Å². The third-order valence-electron chi connectivity index (χ3n) is 6.29. The van der Waals surface area contributed by atoms with Crippen molar-refractivity contribution in [2.24, 2.45) is 5.92 Å². The maximum absolute atomic E-state index is 14.0. The maximum Gasteiger partial charge on any atom is 0.453 e. The van der Waals surface area contributed by atoms with E-state index in [9.17, 15) is 32.3 Å². The average molecular weight is 628 g/mol. The van der Waals surface area contributed by atoms with Crippen LogP contribution in [0.2, 0.25) is 0 Å². The molecule has 1 N–H and O–H groups in total. The molecule has 13 heteroatoms. The Bertz CT molecular complexity index is 1730. The lowest BCUT2D eigenvalue weighted by atomic mass is 10.0. The Kier molecular flexibility index (Phi) is 10.1. The molecule has 0 aliphatic carbocycles. The molecule has 1 amide bonds. The van der Waals surface area contributed by atoms with Crippen LogP contribution in [0.25, 0.3) is 11.0 Å². The molecule has 0 saturated heterocycles. The lowest BCUT2D eigenvalue weighted by Gasteiger charge is -2.19. The molecule has 4 aromatic rings. The Labute approximate surface area is 254 Å². The van der Waals surface area contributed by atoms with Crippen molar-refractivity contribution in [1.82, 2.24) is 5.32 Å². The number of alkyl carbamates (subject to hydrolysis) is 1. The molecule has 3 aromatic carbocycles. The summed E-state index contributed by atoms with van der Waals surface area (Å²) < 4.78 is 67.5. The Morgan fingerprint density at radius 2 is 1.60 bits per heavy atom. The van der Waals surface area contributed by atoms with Crippen LogP contribution < -0.4 is 20.2 Å². The summed E-state index contributed by atoms with van der Waals surface area (Å²) in [5, 5.41) is 2.17. The predicted octanol–water partition coefficient (Wildman–Crippen LogP) is 6.64. The number of esters is 2. The molecule has 1 atom stereocenters. The number of benzene rings is 3. The SMILES string of the molecule is COC(=O)c1ccc(Oc2c(C(F)(F)F)oc3cc(OC(=O)C(CC(C)C)NC(=O)OCc4ccccc4)ccc3c2=O)cc1. The highest BCUT2D eigenvalue weighted by molar-refractivity contribution is 5.89. The van der Waals surface area contributed by atoms with Crippen LogP contribution >= 0.6 is 0 Å². The van der Waals surface area contributed by atoms with Gasteiger partial charge in [-0.2, -0.15) is 13.2 Å². The number of amides is 1. The largest absolute Gasteiger partial charge is 0.465 e. The third-order valence-corrected chi connectivity index (χ3v) is 6.29. The lowest BCUT2D eigenvalue weighted by Crippen LogP contribution is -2.44. The maximum atomic E-state index is 14.0. The Hall–Kier alpha value is -5.33. The normalized spacial score (nSPS) is 12.0. The second kappa shape index (κ2) is 14.0. The fourth-order valence-corrected chi connectivity index (χ4v) is 4.17. The molecular weight excluding hydrogens is 599 g/mol. The zero-order chi connectivity index (χ0) is 32.7. The van der Waals surface area contributed by atoms with E-state index in [0.29, 0.717) is 0 Å². The van der Waals surface area contributed by atoms with Gasteiger partial charge in [0, 0.05) is 6.07 Å². The molecule has 0 saturated carbocycles. The number of carbonyl (C=O) groups excluding carboxylic acids is 3. The van der Waals surface area contributed by atoms with Gasteiger partial charge in [0.15, 0.2) is 0 Å². The number of alkyl halides is 3. The predicted molar refractivity (Wildman–Crippen MR) is 154 cm³/mol. The molecule has 0 fully saturated rings. The monoisotopic (exact) mass is 627 g/mol. The summed E-state index contributed by atoms with van der Waals surface area (Å²) in [6.07, 6.45) is -5.84. The van der Waals surface area contributed by atoms with E-state index in [-0.39, 0.29) is 41.4 Å². The first-order chi connectivity index (χ1) is 21.3. The first kappa shape index (κ1) is 32.6. The molecule has 0 bridgehead atoms. The van der Waals surface area contributed by atoms with Gasteiger partial charge in [-0.3, -0.25) is 4.79 Å². The minimum absolute atomic E-state index is 0.0358. The standard InChI is InChI=1S/C32H28F3NO9/c1-18(2)15-24(36-31(40)42-17-19-7-5-4-6-8-19)30(39)44-22-13-14-23-25(16-22)45-28(32(33,34)35)27(26(23)37)43-21-11-9-20(10-12-21)29(38)41-3/h4-14,16,18,24H,15,17H2,1-3H3,(H,36,40). The average Bonchev–Trinajstić information content (AvgIpc) is 3.00. The van der Waals surface area contributed by atoms with Gasteiger partial charge in [-0.25, -0.2) is 14.4 Å². The number of fused-ring (bicyclic) bond motifs is 1. The van der Waals surface area contributed by atoms with E-state index in [1.54, 1.807) is 24.3 Å². The van der Waals surface area contributed by atoms with Crippen molar-refractivity contribution in [1.29, 1.82) is 0 Å². The van der Waals surface area contributed by atoms with Gasteiger partial charge in [0.05, 0.1) is 18.1 Å². The molecule has 1 heterocycles. The van der Waals surface area contributed by atoms with Gasteiger partial charge in [0.25, 0.3) is 5.76 Å². The summed E-state index contributed by atoms with van der Waals surface area (Å²) in [6.45, 7) is 3.59. The summed E-state index contributed by atoms with van der Waals surface area (Å²) >= 11 is 0. The molecule has 10 nitrogen and oxygen atoms in total. The Morgan fingerprint density at radius 1 is 0.933 bits per heavy atom. The molecule has 1 aromatic heterocycles. The topological polar surface area (TPSA) is 130 Å². The minimum atomic E-state index is -5.15. The van der Waals surface area contributed by atoms with Crippen molar-refractivity contribution in [3.8, 4) is 17.2 Å². The fraction of sp³-hybridized carbons (Fsp3) is 0.250. The molecule has 0 aliphatic rings. The number of nitrogens with one attached hydrogen (secondary N) is 1.